The molecule has 4 heteroatoms. The minimum absolute atomic E-state index is 0.778. The molecular weight excluding hydrogens is 104 g/mol. The highest BCUT2D eigenvalue weighted by atomic mass is 15.5. The summed E-state index contributed by atoms with van der Waals surface area (Å²) in [5.74, 6) is 0. The minimum atomic E-state index is 0.778. The third kappa shape index (κ3) is 2.31. The van der Waals surface area contributed by atoms with Crippen molar-refractivity contribution < 1.29 is 0 Å². The summed E-state index contributed by atoms with van der Waals surface area (Å²) in [6.07, 6.45) is 0. The fraction of sp³-hybridized carbons (Fsp3) is 1.00. The first-order valence-corrected chi connectivity index (χ1v) is 2.65. The van der Waals surface area contributed by atoms with E-state index < -0.39 is 0 Å². The van der Waals surface area contributed by atoms with E-state index in [1.807, 2.05) is 13.8 Å². The summed E-state index contributed by atoms with van der Waals surface area (Å²) in [5, 5.41) is 5.01. The van der Waals surface area contributed by atoms with E-state index in [0.717, 1.165) is 13.1 Å². The number of hydrogen-bond acceptors (Lipinski definition) is 1. The molecule has 0 fully saturated rings. The maximum absolute atomic E-state index is 7.92. The predicted octanol–water partition coefficient (Wildman–Crippen LogP) is 1.55. The second-order valence-corrected chi connectivity index (χ2v) is 1.32. The first kappa shape index (κ1) is 7.11. The van der Waals surface area contributed by atoms with Gasteiger partial charge >= 0.3 is 0 Å². The molecular formula is C4H10N4. The summed E-state index contributed by atoms with van der Waals surface area (Å²) in [6, 6.07) is 0. The Morgan fingerprint density at radius 1 is 1.50 bits per heavy atom. The second-order valence-electron chi connectivity index (χ2n) is 1.32. The third-order valence-electron chi connectivity index (χ3n) is 0.897. The molecule has 0 aromatic rings. The summed E-state index contributed by atoms with van der Waals surface area (Å²) in [5.41, 5.74) is 7.92. The van der Waals surface area contributed by atoms with Gasteiger partial charge in [0, 0.05) is 0 Å². The molecule has 0 unspecified atom stereocenters. The molecule has 0 aliphatic rings. The third-order valence-corrected chi connectivity index (χ3v) is 0.897. The fourth-order valence-electron chi connectivity index (χ4n) is 0.407. The highest BCUT2D eigenvalue weighted by molar-refractivity contribution is 4.43. The smallest absolute Gasteiger partial charge is 0.0856 e. The zero-order valence-corrected chi connectivity index (χ0v) is 5.20. The van der Waals surface area contributed by atoms with Crippen molar-refractivity contribution in [1.29, 1.82) is 0 Å². The van der Waals surface area contributed by atoms with Gasteiger partial charge in [-0.2, -0.15) is 4.91 Å². The molecule has 0 saturated carbocycles. The van der Waals surface area contributed by atoms with E-state index in [0.29, 0.717) is 0 Å². The van der Waals surface area contributed by atoms with Crippen LogP contribution in [-0.2, 0) is 0 Å². The lowest BCUT2D eigenvalue weighted by molar-refractivity contribution is 0.315. The van der Waals surface area contributed by atoms with Crippen molar-refractivity contribution in [2.45, 2.75) is 13.8 Å². The van der Waals surface area contributed by atoms with Crippen LogP contribution in [0.25, 0.3) is 10.4 Å². The van der Waals surface area contributed by atoms with Gasteiger partial charge in [-0.1, -0.05) is 0 Å². The van der Waals surface area contributed by atoms with Crippen LogP contribution in [0.5, 0.6) is 0 Å². The fourth-order valence-corrected chi connectivity index (χ4v) is 0.407. The molecule has 4 nitrogen and oxygen atoms in total. The summed E-state index contributed by atoms with van der Waals surface area (Å²) in [7, 11) is 0. The lowest BCUT2D eigenvalue weighted by Crippen LogP contribution is -2.13. The van der Waals surface area contributed by atoms with Crippen LogP contribution in [0.4, 0.5) is 0 Å². The van der Waals surface area contributed by atoms with Gasteiger partial charge in [0.25, 0.3) is 0 Å². The van der Waals surface area contributed by atoms with Crippen LogP contribution < -0.4 is 0 Å². The molecule has 0 radical (unpaired) electrons. The Morgan fingerprint density at radius 2 is 2.00 bits per heavy atom. The molecule has 0 spiro atoms. The SMILES string of the molecule is CCN(CC)N=[N+]=[N-]. The molecule has 0 aliphatic heterocycles. The van der Waals surface area contributed by atoms with Crippen LogP contribution in [0, 0.1) is 0 Å². The summed E-state index contributed by atoms with van der Waals surface area (Å²) < 4.78 is 0. The van der Waals surface area contributed by atoms with Crippen LogP contribution in [-0.4, -0.2) is 18.1 Å². The van der Waals surface area contributed by atoms with Crippen molar-refractivity contribution in [2.75, 3.05) is 13.1 Å². The normalized spacial score (nSPS) is 7.75. The highest BCUT2D eigenvalue weighted by Gasteiger charge is 1.90. The Bertz CT molecular complexity index is 90.2. The van der Waals surface area contributed by atoms with Gasteiger partial charge < -0.3 is 0 Å². The first-order chi connectivity index (χ1) is 3.85. The Labute approximate surface area is 48.7 Å². The lowest BCUT2D eigenvalue weighted by atomic mass is 10.6. The maximum Gasteiger partial charge on any atom is 0.0856 e. The van der Waals surface area contributed by atoms with E-state index in [4.69, 9.17) is 5.53 Å². The Hall–Kier alpha value is -0.890. The first-order valence-electron chi connectivity index (χ1n) is 2.65. The number of rotatable bonds is 3. The molecule has 0 heterocycles. The van der Waals surface area contributed by atoms with E-state index >= 15 is 0 Å². The van der Waals surface area contributed by atoms with E-state index in [2.05, 4.69) is 10.1 Å². The zero-order chi connectivity index (χ0) is 6.41. The number of nitrogens with zero attached hydrogens (tertiary/aromatic N) is 4. The van der Waals surface area contributed by atoms with Crippen molar-refractivity contribution in [2.24, 2.45) is 5.22 Å². The molecule has 0 N–H and O–H groups in total. The van der Waals surface area contributed by atoms with Gasteiger partial charge in [-0.3, -0.25) is 0 Å². The van der Waals surface area contributed by atoms with Gasteiger partial charge in [-0.05, 0) is 19.1 Å². The van der Waals surface area contributed by atoms with E-state index in [-0.39, 0.29) is 0 Å². The molecule has 8 heavy (non-hydrogen) atoms. The van der Waals surface area contributed by atoms with E-state index in [1.165, 1.54) is 0 Å². The van der Waals surface area contributed by atoms with Crippen molar-refractivity contribution >= 4 is 0 Å². The Kier molecular flexibility index (Phi) is 3.80. The van der Waals surface area contributed by atoms with Gasteiger partial charge in [-0.15, -0.1) is 5.53 Å². The van der Waals surface area contributed by atoms with Gasteiger partial charge in [-0.25, -0.2) is 5.01 Å². The predicted molar refractivity (Wildman–Crippen MR) is 32.1 cm³/mol. The number of azide groups is 1. The Morgan fingerprint density at radius 3 is 2.12 bits per heavy atom. The van der Waals surface area contributed by atoms with Crippen molar-refractivity contribution in [3.8, 4) is 0 Å². The molecule has 0 atom stereocenters. The van der Waals surface area contributed by atoms with Crippen LogP contribution in [0.2, 0.25) is 0 Å². The maximum atomic E-state index is 7.92. The molecule has 46 valence electrons. The van der Waals surface area contributed by atoms with Gasteiger partial charge in [0.1, 0.15) is 0 Å². The van der Waals surface area contributed by atoms with Crippen LogP contribution >= 0.6 is 0 Å². The lowest BCUT2D eigenvalue weighted by Gasteiger charge is -2.05. The average Bonchev–Trinajstić information content (AvgIpc) is 1.83. The topological polar surface area (TPSA) is 52.0 Å². The van der Waals surface area contributed by atoms with Crippen LogP contribution in [0.15, 0.2) is 5.22 Å². The molecule has 0 aromatic heterocycles. The average molecular weight is 114 g/mol. The largest absolute Gasteiger partial charge is 0.248 e. The second kappa shape index (κ2) is 4.27. The van der Waals surface area contributed by atoms with Crippen LogP contribution in [0.1, 0.15) is 13.8 Å². The summed E-state index contributed by atoms with van der Waals surface area (Å²) >= 11 is 0. The minimum Gasteiger partial charge on any atom is -0.248 e. The molecule has 0 rings (SSSR count). The van der Waals surface area contributed by atoms with Crippen molar-refractivity contribution in [3.63, 3.8) is 0 Å². The monoisotopic (exact) mass is 114 g/mol. The van der Waals surface area contributed by atoms with Crippen molar-refractivity contribution in [1.82, 2.24) is 5.01 Å². The molecule has 0 bridgehead atoms. The molecule has 0 saturated heterocycles. The molecule has 0 aromatic carbocycles. The number of hydrogen-bond donors (Lipinski definition) is 0. The van der Waals surface area contributed by atoms with E-state index in [9.17, 15) is 0 Å². The molecule has 0 aliphatic carbocycles. The van der Waals surface area contributed by atoms with Gasteiger partial charge in [0.2, 0.25) is 0 Å². The summed E-state index contributed by atoms with van der Waals surface area (Å²) in [4.78, 5) is 2.63. The molecule has 0 amide bonds. The zero-order valence-electron chi connectivity index (χ0n) is 5.20. The van der Waals surface area contributed by atoms with E-state index in [1.54, 1.807) is 5.01 Å². The highest BCUT2D eigenvalue weighted by Crippen LogP contribution is 1.85. The van der Waals surface area contributed by atoms with Crippen molar-refractivity contribution in [3.05, 3.63) is 10.4 Å². The standard InChI is InChI=1S/C4H10N4/c1-3-8(4-2)7-6-5/h3-4H2,1-2H3. The van der Waals surface area contributed by atoms with Crippen LogP contribution in [0.3, 0.4) is 0 Å². The van der Waals surface area contributed by atoms with Gasteiger partial charge in [0.15, 0.2) is 0 Å². The Balaban J connectivity index is 3.52. The quantitative estimate of drug-likeness (QED) is 0.238. The van der Waals surface area contributed by atoms with Gasteiger partial charge in [0.05, 0.1) is 13.1 Å². The summed E-state index contributed by atoms with van der Waals surface area (Å²) in [6.45, 7) is 5.44.